The summed E-state index contributed by atoms with van der Waals surface area (Å²) in [7, 11) is 1.67. The first-order valence-electron chi connectivity index (χ1n) is 7.22. The molecule has 0 radical (unpaired) electrons. The fraction of sp³-hybridized carbons (Fsp3) is 0.588. The van der Waals surface area contributed by atoms with E-state index in [-0.39, 0.29) is 5.41 Å². The topological polar surface area (TPSA) is 26.3 Å². The van der Waals surface area contributed by atoms with Gasteiger partial charge in [-0.25, -0.2) is 0 Å². The zero-order valence-electron chi connectivity index (χ0n) is 12.3. The van der Waals surface area contributed by atoms with Crippen molar-refractivity contribution in [1.82, 2.24) is 0 Å². The Balaban J connectivity index is 2.16. The summed E-state index contributed by atoms with van der Waals surface area (Å²) in [5, 5.41) is 0. The molecule has 0 heterocycles. The van der Waals surface area contributed by atoms with Gasteiger partial charge in [-0.05, 0) is 25.8 Å². The molecule has 1 saturated carbocycles. The van der Waals surface area contributed by atoms with Gasteiger partial charge in [0, 0.05) is 17.4 Å². The van der Waals surface area contributed by atoms with Gasteiger partial charge in [-0.3, -0.25) is 4.79 Å². The highest BCUT2D eigenvalue weighted by molar-refractivity contribution is 5.87. The van der Waals surface area contributed by atoms with E-state index >= 15 is 0 Å². The number of ketones is 1. The molecule has 1 aliphatic carbocycles. The van der Waals surface area contributed by atoms with Crippen molar-refractivity contribution < 1.29 is 9.53 Å². The molecule has 0 aliphatic heterocycles. The van der Waals surface area contributed by atoms with Crippen molar-refractivity contribution in [2.24, 2.45) is 5.41 Å². The Morgan fingerprint density at radius 2 is 1.95 bits per heavy atom. The van der Waals surface area contributed by atoms with Crippen LogP contribution < -0.4 is 4.74 Å². The predicted octanol–water partition coefficient (Wildman–Crippen LogP) is 4.09. The van der Waals surface area contributed by atoms with E-state index in [2.05, 4.69) is 19.9 Å². The second-order valence-corrected chi connectivity index (χ2v) is 6.04. The van der Waals surface area contributed by atoms with Gasteiger partial charge in [0.15, 0.2) is 0 Å². The van der Waals surface area contributed by atoms with E-state index in [1.165, 1.54) is 24.8 Å². The molecule has 19 heavy (non-hydrogen) atoms. The van der Waals surface area contributed by atoms with E-state index in [1.54, 1.807) is 7.11 Å². The molecular formula is C17H24O2. The smallest absolute Gasteiger partial charge is 0.143 e. The number of methoxy groups -OCH3 is 1. The van der Waals surface area contributed by atoms with Crippen LogP contribution in [0.5, 0.6) is 5.75 Å². The van der Waals surface area contributed by atoms with Gasteiger partial charge in [-0.1, -0.05) is 43.9 Å². The van der Waals surface area contributed by atoms with Crippen LogP contribution in [0.3, 0.4) is 0 Å². The van der Waals surface area contributed by atoms with Gasteiger partial charge in [0.2, 0.25) is 0 Å². The molecule has 0 aromatic heterocycles. The van der Waals surface area contributed by atoms with Gasteiger partial charge in [-0.15, -0.1) is 0 Å². The molecule has 0 atom stereocenters. The minimum Gasteiger partial charge on any atom is -0.496 e. The molecule has 1 fully saturated rings. The molecule has 0 bridgehead atoms. The Labute approximate surface area is 116 Å². The van der Waals surface area contributed by atoms with Crippen LogP contribution in [0.4, 0.5) is 0 Å². The molecule has 1 aromatic rings. The standard InChI is InChI=1S/C17H24O2/c1-13-7-8-15(19-3)14(11-13)12-16(18)17(2)9-5-4-6-10-17/h7-8,11H,4-6,9-10,12H2,1-3H3. The first-order chi connectivity index (χ1) is 9.05. The third-order valence-electron chi connectivity index (χ3n) is 4.42. The molecule has 2 nitrogen and oxygen atoms in total. The monoisotopic (exact) mass is 260 g/mol. The van der Waals surface area contributed by atoms with E-state index in [9.17, 15) is 4.79 Å². The lowest BCUT2D eigenvalue weighted by Gasteiger charge is -2.32. The van der Waals surface area contributed by atoms with Crippen LogP contribution in [0.15, 0.2) is 18.2 Å². The first kappa shape index (κ1) is 14.1. The fourth-order valence-electron chi connectivity index (χ4n) is 3.04. The third-order valence-corrected chi connectivity index (χ3v) is 4.42. The largest absolute Gasteiger partial charge is 0.496 e. The van der Waals surface area contributed by atoms with Crippen molar-refractivity contribution >= 4 is 5.78 Å². The predicted molar refractivity (Wildman–Crippen MR) is 77.6 cm³/mol. The van der Waals surface area contributed by atoms with Crippen LogP contribution in [0.1, 0.15) is 50.2 Å². The van der Waals surface area contributed by atoms with E-state index in [4.69, 9.17) is 4.74 Å². The summed E-state index contributed by atoms with van der Waals surface area (Å²) in [6.45, 7) is 4.19. The maximum absolute atomic E-state index is 12.6. The Hall–Kier alpha value is -1.31. The molecule has 1 aliphatic rings. The minimum absolute atomic E-state index is 0.118. The van der Waals surface area contributed by atoms with Gasteiger partial charge in [-0.2, -0.15) is 0 Å². The highest BCUT2D eigenvalue weighted by Crippen LogP contribution is 2.38. The number of ether oxygens (including phenoxy) is 1. The number of benzene rings is 1. The molecule has 104 valence electrons. The van der Waals surface area contributed by atoms with Crippen molar-refractivity contribution in [3.8, 4) is 5.75 Å². The summed E-state index contributed by atoms with van der Waals surface area (Å²) in [6, 6.07) is 6.05. The number of hydrogen-bond donors (Lipinski definition) is 0. The summed E-state index contributed by atoms with van der Waals surface area (Å²) < 4.78 is 5.37. The highest BCUT2D eigenvalue weighted by atomic mass is 16.5. The number of aryl methyl sites for hydroxylation is 1. The van der Waals surface area contributed by atoms with Crippen molar-refractivity contribution in [3.05, 3.63) is 29.3 Å². The van der Waals surface area contributed by atoms with Gasteiger partial charge in [0.25, 0.3) is 0 Å². The summed E-state index contributed by atoms with van der Waals surface area (Å²) in [4.78, 5) is 12.6. The zero-order chi connectivity index (χ0) is 13.9. The summed E-state index contributed by atoms with van der Waals surface area (Å²) in [6.07, 6.45) is 6.23. The first-order valence-corrected chi connectivity index (χ1v) is 7.22. The van der Waals surface area contributed by atoms with E-state index in [1.807, 2.05) is 12.1 Å². The Morgan fingerprint density at radius 1 is 1.26 bits per heavy atom. The van der Waals surface area contributed by atoms with E-state index in [0.717, 1.165) is 24.2 Å². The quantitative estimate of drug-likeness (QED) is 0.815. The second kappa shape index (κ2) is 5.77. The average Bonchev–Trinajstić information content (AvgIpc) is 2.40. The minimum atomic E-state index is -0.118. The average molecular weight is 260 g/mol. The SMILES string of the molecule is COc1ccc(C)cc1CC(=O)C1(C)CCCCC1. The fourth-order valence-corrected chi connectivity index (χ4v) is 3.04. The van der Waals surface area contributed by atoms with Crippen LogP contribution in [0.25, 0.3) is 0 Å². The van der Waals surface area contributed by atoms with Crippen molar-refractivity contribution in [2.75, 3.05) is 7.11 Å². The van der Waals surface area contributed by atoms with Crippen molar-refractivity contribution in [1.29, 1.82) is 0 Å². The van der Waals surface area contributed by atoms with Crippen LogP contribution in [-0.4, -0.2) is 12.9 Å². The van der Waals surface area contributed by atoms with E-state index < -0.39 is 0 Å². The van der Waals surface area contributed by atoms with Crippen LogP contribution in [0, 0.1) is 12.3 Å². The summed E-state index contributed by atoms with van der Waals surface area (Å²) >= 11 is 0. The van der Waals surface area contributed by atoms with Crippen LogP contribution >= 0.6 is 0 Å². The van der Waals surface area contributed by atoms with Crippen LogP contribution in [-0.2, 0) is 11.2 Å². The molecule has 0 spiro atoms. The molecule has 1 aromatic carbocycles. The van der Waals surface area contributed by atoms with Gasteiger partial charge < -0.3 is 4.74 Å². The number of carbonyl (C=O) groups is 1. The number of rotatable bonds is 4. The van der Waals surface area contributed by atoms with Gasteiger partial charge in [0.05, 0.1) is 7.11 Å². The highest BCUT2D eigenvalue weighted by Gasteiger charge is 2.34. The number of carbonyl (C=O) groups excluding carboxylic acids is 1. The lowest BCUT2D eigenvalue weighted by molar-refractivity contribution is -0.128. The molecule has 0 saturated heterocycles. The van der Waals surface area contributed by atoms with Gasteiger partial charge in [0.1, 0.15) is 11.5 Å². The Bertz CT molecular complexity index is 456. The lowest BCUT2D eigenvalue weighted by atomic mass is 9.71. The molecule has 0 unspecified atom stereocenters. The molecule has 2 rings (SSSR count). The normalized spacial score (nSPS) is 18.1. The summed E-state index contributed by atoms with van der Waals surface area (Å²) in [5.41, 5.74) is 2.09. The Morgan fingerprint density at radius 3 is 2.58 bits per heavy atom. The second-order valence-electron chi connectivity index (χ2n) is 6.04. The van der Waals surface area contributed by atoms with Crippen molar-refractivity contribution in [3.63, 3.8) is 0 Å². The van der Waals surface area contributed by atoms with E-state index in [0.29, 0.717) is 12.2 Å². The van der Waals surface area contributed by atoms with Gasteiger partial charge >= 0.3 is 0 Å². The molecular weight excluding hydrogens is 236 g/mol. The molecule has 0 amide bonds. The number of hydrogen-bond acceptors (Lipinski definition) is 2. The number of Topliss-reactive ketones (excluding diaryl/α,β-unsaturated/α-hetero) is 1. The molecule has 0 N–H and O–H groups in total. The van der Waals surface area contributed by atoms with Crippen molar-refractivity contribution in [2.45, 2.75) is 52.4 Å². The maximum atomic E-state index is 12.6. The maximum Gasteiger partial charge on any atom is 0.143 e. The van der Waals surface area contributed by atoms with Crippen LogP contribution in [0.2, 0.25) is 0 Å². The zero-order valence-corrected chi connectivity index (χ0v) is 12.3. The summed E-state index contributed by atoms with van der Waals surface area (Å²) in [5.74, 6) is 1.20. The Kier molecular flexibility index (Phi) is 4.28. The molecule has 2 heteroatoms. The third kappa shape index (κ3) is 3.17. The lowest BCUT2D eigenvalue weighted by Crippen LogP contribution is -2.31.